The average molecular weight is 128 g/mol. The smallest absolute Gasteiger partial charge is 0.0297 e. The Balaban J connectivity index is 0. The maximum atomic E-state index is 7.34. The van der Waals surface area contributed by atoms with Crippen molar-refractivity contribution in [3.63, 3.8) is 0 Å². The van der Waals surface area contributed by atoms with Gasteiger partial charge in [-0.05, 0) is 18.9 Å². The van der Waals surface area contributed by atoms with Gasteiger partial charge in [-0.2, -0.15) is 0 Å². The van der Waals surface area contributed by atoms with E-state index in [0.29, 0.717) is 0 Å². The van der Waals surface area contributed by atoms with Crippen LogP contribution in [0.3, 0.4) is 0 Å². The molecule has 2 N–H and O–H groups in total. The van der Waals surface area contributed by atoms with Crippen molar-refractivity contribution < 1.29 is 5.48 Å². The summed E-state index contributed by atoms with van der Waals surface area (Å²) < 4.78 is 28.1. The topological polar surface area (TPSA) is 26.0 Å². The van der Waals surface area contributed by atoms with Gasteiger partial charge in [0, 0.05) is 5.48 Å². The SMILES string of the molecule is Cl.[2H]C([2H])([2H])C([2H])(C)CCN. The van der Waals surface area contributed by atoms with Crippen molar-refractivity contribution in [3.8, 4) is 0 Å². The molecule has 0 rings (SSSR count). The second kappa shape index (κ2) is 6.25. The van der Waals surface area contributed by atoms with Gasteiger partial charge in [0.05, 0.1) is 0 Å². The number of nitrogens with two attached hydrogens (primary N) is 1. The first-order valence-electron chi connectivity index (χ1n) is 4.01. The highest BCUT2D eigenvalue weighted by molar-refractivity contribution is 5.85. The lowest BCUT2D eigenvalue weighted by molar-refractivity contribution is 0.596. The van der Waals surface area contributed by atoms with E-state index in [1.165, 1.54) is 6.92 Å². The molecule has 46 valence electrons. The van der Waals surface area contributed by atoms with Crippen molar-refractivity contribution in [1.82, 2.24) is 0 Å². The molecule has 0 aromatic carbocycles. The predicted molar refractivity (Wildman–Crippen MR) is 35.8 cm³/mol. The van der Waals surface area contributed by atoms with Crippen molar-refractivity contribution in [2.24, 2.45) is 11.6 Å². The summed E-state index contributed by atoms with van der Waals surface area (Å²) in [6.45, 7) is -0.586. The van der Waals surface area contributed by atoms with Gasteiger partial charge in [-0.15, -0.1) is 12.4 Å². The standard InChI is InChI=1S/C5H13N.ClH/c1-5(2)3-4-6;/h5H,3-4,6H2,1-2H3;1H/i1D3,5D;. The normalized spacial score (nSPS) is 27.1. The maximum Gasteiger partial charge on any atom is 0.0297 e. The predicted octanol–water partition coefficient (Wildman–Crippen LogP) is 1.41. The van der Waals surface area contributed by atoms with Crippen molar-refractivity contribution in [1.29, 1.82) is 0 Å². The highest BCUT2D eigenvalue weighted by Gasteiger charge is 1.85. The summed E-state index contributed by atoms with van der Waals surface area (Å²) in [6, 6.07) is 0. The van der Waals surface area contributed by atoms with Gasteiger partial charge in [-0.25, -0.2) is 0 Å². The third-order valence-electron chi connectivity index (χ3n) is 0.519. The summed E-state index contributed by atoms with van der Waals surface area (Å²) in [5.74, 6) is -1.39. The average Bonchev–Trinajstić information content (AvgIpc) is 1.61. The van der Waals surface area contributed by atoms with Gasteiger partial charge in [-0.3, -0.25) is 0 Å². The highest BCUT2D eigenvalue weighted by Crippen LogP contribution is 1.93. The summed E-state index contributed by atoms with van der Waals surface area (Å²) in [5, 5.41) is 0. The molecule has 0 saturated heterocycles. The number of hydrogen-bond acceptors (Lipinski definition) is 1. The lowest BCUT2D eigenvalue weighted by Crippen LogP contribution is -2.01. The zero-order chi connectivity index (χ0) is 8.41. The van der Waals surface area contributed by atoms with Gasteiger partial charge in [0.2, 0.25) is 0 Å². The highest BCUT2D eigenvalue weighted by atomic mass is 35.5. The van der Waals surface area contributed by atoms with Crippen molar-refractivity contribution in [2.75, 3.05) is 6.54 Å². The minimum atomic E-state index is -2.22. The molecule has 2 heteroatoms. The van der Waals surface area contributed by atoms with Crippen LogP contribution >= 0.6 is 12.4 Å². The minimum absolute atomic E-state index is 0. The second-order valence-electron chi connectivity index (χ2n) is 1.32. The second-order valence-corrected chi connectivity index (χ2v) is 1.32. The fourth-order valence-electron chi connectivity index (χ4n) is 0.217. The Morgan fingerprint density at radius 2 is 2.57 bits per heavy atom. The van der Waals surface area contributed by atoms with Crippen molar-refractivity contribution in [2.45, 2.75) is 20.2 Å². The number of halogens is 1. The molecule has 1 nitrogen and oxygen atoms in total. The van der Waals surface area contributed by atoms with Gasteiger partial charge < -0.3 is 5.73 Å². The van der Waals surface area contributed by atoms with Crippen molar-refractivity contribution >= 4 is 12.4 Å². The Morgan fingerprint density at radius 3 is 2.71 bits per heavy atom. The molecule has 0 heterocycles. The van der Waals surface area contributed by atoms with E-state index in [0.717, 1.165) is 0 Å². The van der Waals surface area contributed by atoms with E-state index >= 15 is 0 Å². The van der Waals surface area contributed by atoms with Gasteiger partial charge in [-0.1, -0.05) is 13.8 Å². The molecule has 7 heavy (non-hydrogen) atoms. The van der Waals surface area contributed by atoms with Gasteiger partial charge in [0.25, 0.3) is 0 Å². The van der Waals surface area contributed by atoms with Crippen LogP contribution in [0.5, 0.6) is 0 Å². The van der Waals surface area contributed by atoms with Crippen LogP contribution in [0.1, 0.15) is 25.7 Å². The molecule has 0 aliphatic carbocycles. The first kappa shape index (κ1) is 3.31. The summed E-state index contributed by atoms with van der Waals surface area (Å²) in [6.07, 6.45) is 0.212. The zero-order valence-corrected chi connectivity index (χ0v) is 5.22. The summed E-state index contributed by atoms with van der Waals surface area (Å²) in [7, 11) is 0. The minimum Gasteiger partial charge on any atom is -0.330 e. The van der Waals surface area contributed by atoms with Crippen LogP contribution in [0.2, 0.25) is 0 Å². The molecule has 0 amide bonds. The molecule has 0 radical (unpaired) electrons. The van der Waals surface area contributed by atoms with Crippen LogP contribution in [0, 0.1) is 5.89 Å². The van der Waals surface area contributed by atoms with Gasteiger partial charge in [0.15, 0.2) is 0 Å². The summed E-state index contributed by atoms with van der Waals surface area (Å²) >= 11 is 0. The first-order valence-corrected chi connectivity index (χ1v) is 2.01. The lowest BCUT2D eigenvalue weighted by atomic mass is 10.1. The molecule has 0 aliphatic rings. The Bertz CT molecular complexity index is 112. The zero-order valence-electron chi connectivity index (χ0n) is 8.40. The molecule has 1 atom stereocenters. The number of hydrogen-bond donors (Lipinski definition) is 1. The molecule has 0 aromatic heterocycles. The molecule has 1 unspecified atom stereocenters. The molecular formula is C5H14ClN. The van der Waals surface area contributed by atoms with Gasteiger partial charge in [0.1, 0.15) is 0 Å². The third-order valence-corrected chi connectivity index (χ3v) is 0.519. The molecule has 0 fully saturated rings. The van der Waals surface area contributed by atoms with Crippen LogP contribution in [0.25, 0.3) is 0 Å². The summed E-state index contributed by atoms with van der Waals surface area (Å²) in [5.41, 5.74) is 5.14. The molecule has 0 bridgehead atoms. The fraction of sp³-hybridized carbons (Fsp3) is 1.00. The van der Waals surface area contributed by atoms with Gasteiger partial charge >= 0.3 is 0 Å². The lowest BCUT2D eigenvalue weighted by Gasteiger charge is -1.96. The summed E-state index contributed by atoms with van der Waals surface area (Å²) in [4.78, 5) is 0. The molecular weight excluding hydrogens is 110 g/mol. The third kappa shape index (κ3) is 10.7. The van der Waals surface area contributed by atoms with E-state index in [-0.39, 0.29) is 25.4 Å². The monoisotopic (exact) mass is 127 g/mol. The van der Waals surface area contributed by atoms with E-state index in [4.69, 9.17) is 11.2 Å². The Labute approximate surface area is 57.3 Å². The van der Waals surface area contributed by atoms with E-state index in [1.807, 2.05) is 0 Å². The van der Waals surface area contributed by atoms with Crippen LogP contribution in [0.4, 0.5) is 0 Å². The van der Waals surface area contributed by atoms with E-state index in [1.54, 1.807) is 0 Å². The van der Waals surface area contributed by atoms with Crippen LogP contribution in [0.15, 0.2) is 0 Å². The largest absolute Gasteiger partial charge is 0.330 e. The van der Waals surface area contributed by atoms with E-state index < -0.39 is 12.7 Å². The van der Waals surface area contributed by atoms with E-state index in [2.05, 4.69) is 0 Å². The van der Waals surface area contributed by atoms with Crippen LogP contribution in [-0.4, -0.2) is 6.54 Å². The molecule has 0 aromatic rings. The number of rotatable bonds is 2. The van der Waals surface area contributed by atoms with Crippen molar-refractivity contribution in [3.05, 3.63) is 0 Å². The Hall–Kier alpha value is 0.250. The van der Waals surface area contributed by atoms with Crippen LogP contribution in [-0.2, 0) is 0 Å². The fourth-order valence-corrected chi connectivity index (χ4v) is 0.217. The quantitative estimate of drug-likeness (QED) is 0.597. The maximum absolute atomic E-state index is 7.34. The van der Waals surface area contributed by atoms with Crippen LogP contribution < -0.4 is 5.73 Å². The molecule has 0 aliphatic heterocycles. The Kier molecular flexibility index (Phi) is 2.96. The first-order chi connectivity index (χ1) is 4.31. The van der Waals surface area contributed by atoms with E-state index in [9.17, 15) is 0 Å². The molecule has 0 spiro atoms. The Morgan fingerprint density at radius 1 is 2.00 bits per heavy atom. The molecule has 0 saturated carbocycles.